The Bertz CT molecular complexity index is 551. The number of ether oxygens (including phenoxy) is 1. The molecular weight excluding hydrogens is 240 g/mol. The van der Waals surface area contributed by atoms with Crippen molar-refractivity contribution in [1.29, 1.82) is 0 Å². The smallest absolute Gasteiger partial charge is 0.119 e. The number of hydrogen-bond donors (Lipinski definition) is 1. The van der Waals surface area contributed by atoms with Crippen molar-refractivity contribution in [2.75, 3.05) is 13.7 Å². The Morgan fingerprint density at radius 2 is 2.32 bits per heavy atom. The zero-order valence-electron chi connectivity index (χ0n) is 11.0. The molecule has 0 saturated carbocycles. The summed E-state index contributed by atoms with van der Waals surface area (Å²) in [5, 5.41) is 0. The van der Waals surface area contributed by atoms with Crippen LogP contribution < -0.4 is 10.5 Å². The first-order chi connectivity index (χ1) is 9.31. The Morgan fingerprint density at radius 3 is 3.00 bits per heavy atom. The highest BCUT2D eigenvalue weighted by molar-refractivity contribution is 5.40. The van der Waals surface area contributed by atoms with Crippen LogP contribution in [0.25, 0.3) is 0 Å². The van der Waals surface area contributed by atoms with Crippen molar-refractivity contribution in [2.24, 2.45) is 5.73 Å². The molecule has 0 amide bonds. The normalized spacial score (nSPS) is 18.5. The third-order valence-corrected chi connectivity index (χ3v) is 3.69. The number of furan rings is 1. The Morgan fingerprint density at radius 1 is 1.42 bits per heavy atom. The Balaban J connectivity index is 1.86. The summed E-state index contributed by atoms with van der Waals surface area (Å²) in [6.07, 6.45) is 1.71. The van der Waals surface area contributed by atoms with Gasteiger partial charge in [-0.2, -0.15) is 0 Å². The number of benzene rings is 1. The molecule has 19 heavy (non-hydrogen) atoms. The third kappa shape index (κ3) is 2.25. The zero-order chi connectivity index (χ0) is 13.2. The molecule has 0 bridgehead atoms. The summed E-state index contributed by atoms with van der Waals surface area (Å²) in [6, 6.07) is 10.4. The van der Waals surface area contributed by atoms with Crippen LogP contribution in [0.15, 0.2) is 41.0 Å². The van der Waals surface area contributed by atoms with Gasteiger partial charge < -0.3 is 14.9 Å². The molecule has 0 spiro atoms. The average Bonchev–Trinajstić information content (AvgIpc) is 3.05. The molecule has 1 unspecified atom stereocenters. The van der Waals surface area contributed by atoms with Gasteiger partial charge in [0.1, 0.15) is 11.5 Å². The van der Waals surface area contributed by atoms with E-state index in [2.05, 4.69) is 17.0 Å². The second kappa shape index (κ2) is 5.07. The van der Waals surface area contributed by atoms with Crippen LogP contribution in [0, 0.1) is 0 Å². The van der Waals surface area contributed by atoms with Gasteiger partial charge in [0.2, 0.25) is 0 Å². The molecule has 100 valence electrons. The first-order valence-electron chi connectivity index (χ1n) is 6.45. The van der Waals surface area contributed by atoms with Gasteiger partial charge in [0.05, 0.1) is 19.9 Å². The van der Waals surface area contributed by atoms with Crippen LogP contribution in [0.2, 0.25) is 0 Å². The molecule has 0 saturated heterocycles. The van der Waals surface area contributed by atoms with Gasteiger partial charge >= 0.3 is 0 Å². The first-order valence-corrected chi connectivity index (χ1v) is 6.45. The van der Waals surface area contributed by atoms with Crippen molar-refractivity contribution in [3.63, 3.8) is 0 Å². The van der Waals surface area contributed by atoms with E-state index in [1.165, 1.54) is 11.1 Å². The molecule has 4 heteroatoms. The molecule has 1 aromatic carbocycles. The van der Waals surface area contributed by atoms with Crippen molar-refractivity contribution in [3.05, 3.63) is 53.5 Å². The minimum atomic E-state index is 0.232. The van der Waals surface area contributed by atoms with Crippen LogP contribution in [0.1, 0.15) is 22.9 Å². The predicted molar refractivity (Wildman–Crippen MR) is 72.7 cm³/mol. The van der Waals surface area contributed by atoms with E-state index in [9.17, 15) is 0 Å². The van der Waals surface area contributed by atoms with E-state index in [1.807, 2.05) is 18.2 Å². The summed E-state index contributed by atoms with van der Waals surface area (Å²) < 4.78 is 10.7. The summed E-state index contributed by atoms with van der Waals surface area (Å²) in [4.78, 5) is 2.34. The quantitative estimate of drug-likeness (QED) is 0.914. The summed E-state index contributed by atoms with van der Waals surface area (Å²) >= 11 is 0. The topological polar surface area (TPSA) is 51.6 Å². The Labute approximate surface area is 112 Å². The number of methoxy groups -OCH3 is 1. The monoisotopic (exact) mass is 258 g/mol. The van der Waals surface area contributed by atoms with Gasteiger partial charge in [-0.3, -0.25) is 4.90 Å². The molecule has 0 aliphatic carbocycles. The largest absolute Gasteiger partial charge is 0.497 e. The molecule has 1 aromatic heterocycles. The molecule has 2 aromatic rings. The van der Waals surface area contributed by atoms with E-state index in [1.54, 1.807) is 13.4 Å². The average molecular weight is 258 g/mol. The highest BCUT2D eigenvalue weighted by Crippen LogP contribution is 2.36. The van der Waals surface area contributed by atoms with Crippen molar-refractivity contribution < 1.29 is 9.15 Å². The van der Waals surface area contributed by atoms with E-state index >= 15 is 0 Å². The summed E-state index contributed by atoms with van der Waals surface area (Å²) in [5.41, 5.74) is 8.54. The molecule has 1 aliphatic heterocycles. The fourth-order valence-electron chi connectivity index (χ4n) is 2.72. The van der Waals surface area contributed by atoms with Gasteiger partial charge in [-0.05, 0) is 35.4 Å². The highest BCUT2D eigenvalue weighted by Gasteiger charge is 2.29. The lowest BCUT2D eigenvalue weighted by Crippen LogP contribution is -2.27. The van der Waals surface area contributed by atoms with Crippen LogP contribution in [0.4, 0.5) is 0 Å². The van der Waals surface area contributed by atoms with E-state index in [-0.39, 0.29) is 6.04 Å². The molecule has 1 atom stereocenters. The van der Waals surface area contributed by atoms with Gasteiger partial charge in [0.15, 0.2) is 0 Å². The molecule has 0 radical (unpaired) electrons. The summed E-state index contributed by atoms with van der Waals surface area (Å²) in [6.45, 7) is 2.29. The summed E-state index contributed by atoms with van der Waals surface area (Å²) in [5.74, 6) is 1.86. The maximum Gasteiger partial charge on any atom is 0.119 e. The number of rotatable bonds is 4. The SMILES string of the molecule is COc1ccc2c(c1)C(CN)N(Cc1ccco1)C2. The zero-order valence-corrected chi connectivity index (χ0v) is 11.0. The number of fused-ring (bicyclic) bond motifs is 1. The maximum absolute atomic E-state index is 5.95. The van der Waals surface area contributed by atoms with E-state index in [0.29, 0.717) is 6.54 Å². The number of nitrogens with zero attached hydrogens (tertiary/aromatic N) is 1. The first kappa shape index (κ1) is 12.3. The lowest BCUT2D eigenvalue weighted by Gasteiger charge is -2.22. The molecule has 3 rings (SSSR count). The molecule has 2 heterocycles. The van der Waals surface area contributed by atoms with Crippen molar-refractivity contribution in [2.45, 2.75) is 19.1 Å². The third-order valence-electron chi connectivity index (χ3n) is 3.69. The van der Waals surface area contributed by atoms with Crippen LogP contribution >= 0.6 is 0 Å². The Hall–Kier alpha value is -1.78. The maximum atomic E-state index is 5.95. The fraction of sp³-hybridized carbons (Fsp3) is 0.333. The van der Waals surface area contributed by atoms with E-state index < -0.39 is 0 Å². The van der Waals surface area contributed by atoms with Crippen molar-refractivity contribution >= 4 is 0 Å². The predicted octanol–water partition coefficient (Wildman–Crippen LogP) is 2.30. The number of hydrogen-bond acceptors (Lipinski definition) is 4. The van der Waals surface area contributed by atoms with Gasteiger partial charge in [-0.15, -0.1) is 0 Å². The second-order valence-corrected chi connectivity index (χ2v) is 4.80. The summed E-state index contributed by atoms with van der Waals surface area (Å²) in [7, 11) is 1.69. The second-order valence-electron chi connectivity index (χ2n) is 4.80. The van der Waals surface area contributed by atoms with Crippen LogP contribution in [0.3, 0.4) is 0 Å². The fourth-order valence-corrected chi connectivity index (χ4v) is 2.72. The van der Waals surface area contributed by atoms with E-state index in [4.69, 9.17) is 14.9 Å². The minimum absolute atomic E-state index is 0.232. The highest BCUT2D eigenvalue weighted by atomic mass is 16.5. The van der Waals surface area contributed by atoms with Gasteiger partial charge in [-0.25, -0.2) is 0 Å². The standard InChI is InChI=1S/C15H18N2O2/c1-18-12-5-4-11-9-17(10-13-3-2-6-19-13)15(8-16)14(11)7-12/h2-7,15H,8-10,16H2,1H3. The van der Waals surface area contributed by atoms with Gasteiger partial charge in [0, 0.05) is 19.1 Å². The van der Waals surface area contributed by atoms with Crippen molar-refractivity contribution in [3.8, 4) is 5.75 Å². The lowest BCUT2D eigenvalue weighted by atomic mass is 10.0. The van der Waals surface area contributed by atoms with Crippen molar-refractivity contribution in [1.82, 2.24) is 4.90 Å². The Kier molecular flexibility index (Phi) is 3.27. The lowest BCUT2D eigenvalue weighted by molar-refractivity contribution is 0.194. The minimum Gasteiger partial charge on any atom is -0.497 e. The van der Waals surface area contributed by atoms with Gasteiger partial charge in [-0.1, -0.05) is 6.07 Å². The molecule has 4 nitrogen and oxygen atoms in total. The molecule has 0 fully saturated rings. The van der Waals surface area contributed by atoms with Crippen LogP contribution in [-0.2, 0) is 13.1 Å². The molecule has 1 aliphatic rings. The number of nitrogens with two attached hydrogens (primary N) is 1. The van der Waals surface area contributed by atoms with E-state index in [0.717, 1.165) is 24.6 Å². The van der Waals surface area contributed by atoms with Gasteiger partial charge in [0.25, 0.3) is 0 Å². The molecular formula is C15H18N2O2. The van der Waals surface area contributed by atoms with Crippen LogP contribution in [-0.4, -0.2) is 18.6 Å². The molecule has 2 N–H and O–H groups in total. The van der Waals surface area contributed by atoms with Crippen LogP contribution in [0.5, 0.6) is 5.75 Å².